The van der Waals surface area contributed by atoms with Crippen LogP contribution in [0.2, 0.25) is 5.02 Å². The molecule has 0 amide bonds. The second-order valence-electron chi connectivity index (χ2n) is 5.31. The minimum Gasteiger partial charge on any atom is -0.339 e. The Labute approximate surface area is 130 Å². The third-order valence-electron chi connectivity index (χ3n) is 3.91. The number of fused-ring (bicyclic) bond motifs is 1. The van der Waals surface area contributed by atoms with Gasteiger partial charge in [-0.3, -0.25) is 0 Å². The van der Waals surface area contributed by atoms with E-state index in [0.29, 0.717) is 17.3 Å². The molecule has 3 heterocycles. The van der Waals surface area contributed by atoms with E-state index in [1.54, 1.807) is 12.3 Å². The second-order valence-corrected chi connectivity index (χ2v) is 5.71. The Morgan fingerprint density at radius 2 is 2.27 bits per heavy atom. The van der Waals surface area contributed by atoms with Gasteiger partial charge in [0.25, 0.3) is 0 Å². The van der Waals surface area contributed by atoms with E-state index in [9.17, 15) is 4.39 Å². The van der Waals surface area contributed by atoms with Crippen molar-refractivity contribution in [2.24, 2.45) is 0 Å². The summed E-state index contributed by atoms with van der Waals surface area (Å²) in [4.78, 5) is 8.76. The standard InChI is InChI=1S/C15H12ClFN4O/c16-12-8-10(17)1-2-11(12)14-19-15(22-20-14)9-3-5-21-6-4-18-13(21)7-9/h1-2,4,6,8-9H,3,5,7H2. The Balaban J connectivity index is 1.62. The molecule has 0 saturated heterocycles. The highest BCUT2D eigenvalue weighted by Gasteiger charge is 2.26. The molecular weight excluding hydrogens is 307 g/mol. The van der Waals surface area contributed by atoms with Crippen LogP contribution < -0.4 is 0 Å². The molecule has 5 nitrogen and oxygen atoms in total. The second kappa shape index (κ2) is 5.21. The Morgan fingerprint density at radius 1 is 1.36 bits per heavy atom. The van der Waals surface area contributed by atoms with E-state index in [1.165, 1.54) is 12.1 Å². The number of nitrogens with zero attached hydrogens (tertiary/aromatic N) is 4. The molecular formula is C15H12ClFN4O. The Kier molecular flexibility index (Phi) is 3.18. The summed E-state index contributed by atoms with van der Waals surface area (Å²) in [6, 6.07) is 4.12. The lowest BCUT2D eigenvalue weighted by Crippen LogP contribution is -2.18. The number of halogens is 2. The van der Waals surface area contributed by atoms with E-state index >= 15 is 0 Å². The summed E-state index contributed by atoms with van der Waals surface area (Å²) in [6.07, 6.45) is 5.46. The number of aromatic nitrogens is 4. The third kappa shape index (κ3) is 2.29. The summed E-state index contributed by atoms with van der Waals surface area (Å²) in [6.45, 7) is 0.884. The molecule has 2 aromatic heterocycles. The quantitative estimate of drug-likeness (QED) is 0.726. The zero-order valence-electron chi connectivity index (χ0n) is 11.5. The number of hydrogen-bond acceptors (Lipinski definition) is 4. The van der Waals surface area contributed by atoms with E-state index in [4.69, 9.17) is 16.1 Å². The molecule has 0 radical (unpaired) electrons. The maximum absolute atomic E-state index is 13.1. The van der Waals surface area contributed by atoms with Crippen LogP contribution >= 0.6 is 11.6 Å². The Hall–Kier alpha value is -2.21. The van der Waals surface area contributed by atoms with Crippen LogP contribution in [0.25, 0.3) is 11.4 Å². The van der Waals surface area contributed by atoms with Crippen LogP contribution in [-0.2, 0) is 13.0 Å². The van der Waals surface area contributed by atoms with Crippen LogP contribution in [0.1, 0.15) is 24.1 Å². The maximum Gasteiger partial charge on any atom is 0.230 e. The first-order valence-corrected chi connectivity index (χ1v) is 7.37. The van der Waals surface area contributed by atoms with E-state index in [2.05, 4.69) is 19.7 Å². The zero-order chi connectivity index (χ0) is 15.1. The predicted molar refractivity (Wildman–Crippen MR) is 78.0 cm³/mol. The van der Waals surface area contributed by atoms with Crippen molar-refractivity contribution in [1.29, 1.82) is 0 Å². The van der Waals surface area contributed by atoms with Crippen molar-refractivity contribution >= 4 is 11.6 Å². The molecule has 0 spiro atoms. The van der Waals surface area contributed by atoms with Gasteiger partial charge in [-0.05, 0) is 24.6 Å². The van der Waals surface area contributed by atoms with E-state index in [0.717, 1.165) is 25.2 Å². The van der Waals surface area contributed by atoms with Crippen LogP contribution in [0.15, 0.2) is 35.1 Å². The van der Waals surface area contributed by atoms with E-state index in [1.807, 2.05) is 6.20 Å². The van der Waals surface area contributed by atoms with Gasteiger partial charge in [-0.25, -0.2) is 9.37 Å². The van der Waals surface area contributed by atoms with Gasteiger partial charge < -0.3 is 9.09 Å². The highest BCUT2D eigenvalue weighted by Crippen LogP contribution is 2.31. The highest BCUT2D eigenvalue weighted by atomic mass is 35.5. The Morgan fingerprint density at radius 3 is 3.14 bits per heavy atom. The summed E-state index contributed by atoms with van der Waals surface area (Å²) in [5, 5.41) is 4.25. The first-order chi connectivity index (χ1) is 10.7. The molecule has 0 saturated carbocycles. The maximum atomic E-state index is 13.1. The fourth-order valence-electron chi connectivity index (χ4n) is 2.74. The third-order valence-corrected chi connectivity index (χ3v) is 4.22. The van der Waals surface area contributed by atoms with Gasteiger partial charge >= 0.3 is 0 Å². The molecule has 0 fully saturated rings. The van der Waals surface area contributed by atoms with Crippen LogP contribution in [0, 0.1) is 5.82 Å². The van der Waals surface area contributed by atoms with Crippen molar-refractivity contribution < 1.29 is 8.91 Å². The normalized spacial score (nSPS) is 17.5. The number of aryl methyl sites for hydroxylation is 1. The molecule has 0 N–H and O–H groups in total. The van der Waals surface area contributed by atoms with Gasteiger partial charge in [0.1, 0.15) is 11.6 Å². The monoisotopic (exact) mass is 318 g/mol. The highest BCUT2D eigenvalue weighted by molar-refractivity contribution is 6.33. The average Bonchev–Trinajstić information content (AvgIpc) is 3.15. The van der Waals surface area contributed by atoms with Crippen molar-refractivity contribution in [2.75, 3.05) is 0 Å². The van der Waals surface area contributed by atoms with Gasteiger partial charge in [0.15, 0.2) is 0 Å². The molecule has 3 aromatic rings. The topological polar surface area (TPSA) is 56.7 Å². The molecule has 0 bridgehead atoms. The molecule has 1 atom stereocenters. The van der Waals surface area contributed by atoms with Crippen LogP contribution in [-0.4, -0.2) is 19.7 Å². The smallest absolute Gasteiger partial charge is 0.230 e. The molecule has 1 aliphatic heterocycles. The predicted octanol–water partition coefficient (Wildman–Crippen LogP) is 3.46. The molecule has 7 heteroatoms. The lowest BCUT2D eigenvalue weighted by Gasteiger charge is -2.19. The van der Waals surface area contributed by atoms with Gasteiger partial charge in [0.2, 0.25) is 11.7 Å². The van der Waals surface area contributed by atoms with Crippen LogP contribution in [0.5, 0.6) is 0 Å². The average molecular weight is 319 g/mol. The fourth-order valence-corrected chi connectivity index (χ4v) is 2.99. The lowest BCUT2D eigenvalue weighted by atomic mass is 9.98. The first-order valence-electron chi connectivity index (χ1n) is 7.00. The summed E-state index contributed by atoms with van der Waals surface area (Å²) < 4.78 is 20.6. The largest absolute Gasteiger partial charge is 0.339 e. The van der Waals surface area contributed by atoms with Crippen LogP contribution in [0.4, 0.5) is 4.39 Å². The van der Waals surface area contributed by atoms with Gasteiger partial charge in [-0.2, -0.15) is 4.98 Å². The van der Waals surface area contributed by atoms with Crippen molar-refractivity contribution in [1.82, 2.24) is 19.7 Å². The zero-order valence-corrected chi connectivity index (χ0v) is 12.3. The SMILES string of the molecule is Fc1ccc(-c2noc(C3CCn4ccnc4C3)n2)c(Cl)c1. The van der Waals surface area contributed by atoms with Crippen molar-refractivity contribution in [3.8, 4) is 11.4 Å². The van der Waals surface area contributed by atoms with Crippen molar-refractivity contribution in [3.63, 3.8) is 0 Å². The summed E-state index contributed by atoms with van der Waals surface area (Å²) in [7, 11) is 0. The van der Waals surface area contributed by atoms with Gasteiger partial charge in [-0.15, -0.1) is 0 Å². The van der Waals surface area contributed by atoms with E-state index in [-0.39, 0.29) is 10.9 Å². The summed E-state index contributed by atoms with van der Waals surface area (Å²) >= 11 is 6.04. The molecule has 1 aromatic carbocycles. The first kappa shape index (κ1) is 13.5. The van der Waals surface area contributed by atoms with Crippen molar-refractivity contribution in [2.45, 2.75) is 25.3 Å². The number of hydrogen-bond donors (Lipinski definition) is 0. The summed E-state index contributed by atoms with van der Waals surface area (Å²) in [5.74, 6) is 1.74. The molecule has 112 valence electrons. The minimum atomic E-state index is -0.392. The molecule has 1 unspecified atom stereocenters. The molecule has 4 rings (SSSR count). The number of benzene rings is 1. The minimum absolute atomic E-state index is 0.148. The summed E-state index contributed by atoms with van der Waals surface area (Å²) in [5.41, 5.74) is 0.565. The van der Waals surface area contributed by atoms with Gasteiger partial charge in [-0.1, -0.05) is 16.8 Å². The molecule has 0 aliphatic carbocycles. The van der Waals surface area contributed by atoms with Gasteiger partial charge in [0.05, 0.1) is 5.02 Å². The van der Waals surface area contributed by atoms with Crippen molar-refractivity contribution in [3.05, 3.63) is 53.1 Å². The van der Waals surface area contributed by atoms with Crippen LogP contribution in [0.3, 0.4) is 0 Å². The van der Waals surface area contributed by atoms with Gasteiger partial charge in [0, 0.05) is 36.8 Å². The van der Waals surface area contributed by atoms with E-state index < -0.39 is 5.82 Å². The molecule has 22 heavy (non-hydrogen) atoms. The molecule has 1 aliphatic rings. The number of imidazole rings is 1. The number of rotatable bonds is 2. The Bertz CT molecular complexity index is 829. The lowest BCUT2D eigenvalue weighted by molar-refractivity contribution is 0.323. The fraction of sp³-hybridized carbons (Fsp3) is 0.267.